The molecule has 0 atom stereocenters. The summed E-state index contributed by atoms with van der Waals surface area (Å²) >= 11 is 2.55. The zero-order valence-corrected chi connectivity index (χ0v) is 29.0. The fourth-order valence-corrected chi connectivity index (χ4v) is 7.15. The summed E-state index contributed by atoms with van der Waals surface area (Å²) in [6.45, 7) is 6.26. The summed E-state index contributed by atoms with van der Waals surface area (Å²) < 4.78 is 5.29. The number of hydrogen-bond donors (Lipinski definition) is 3. The van der Waals surface area contributed by atoms with Gasteiger partial charge in [0.2, 0.25) is 11.8 Å². The molecule has 0 spiro atoms. The third-order valence-electron chi connectivity index (χ3n) is 7.61. The Morgan fingerprint density at radius 1 is 0.959 bits per heavy atom. The summed E-state index contributed by atoms with van der Waals surface area (Å²) in [7, 11) is 0. The number of carbonyl (C=O) groups excluding carboxylic acids is 5. The number of carbonyl (C=O) groups is 5. The number of anilines is 2. The molecule has 3 aromatic carbocycles. The van der Waals surface area contributed by atoms with Crippen molar-refractivity contribution in [1.29, 1.82) is 0 Å². The van der Waals surface area contributed by atoms with Gasteiger partial charge in [-0.05, 0) is 67.8 Å². The van der Waals surface area contributed by atoms with Crippen molar-refractivity contribution in [2.45, 2.75) is 38.6 Å². The molecule has 4 amide bonds. The number of fused-ring (bicyclic) bond motifs is 1. The monoisotopic (exact) mass is 696 g/mol. The topological polar surface area (TPSA) is 134 Å². The van der Waals surface area contributed by atoms with E-state index in [0.717, 1.165) is 26.5 Å². The maximum absolute atomic E-state index is 13.5. The number of thioether (sulfide) groups is 1. The highest BCUT2D eigenvalue weighted by molar-refractivity contribution is 8.00. The molecule has 1 aromatic heterocycles. The second kappa shape index (κ2) is 16.3. The third-order valence-corrected chi connectivity index (χ3v) is 9.74. The van der Waals surface area contributed by atoms with Crippen molar-refractivity contribution in [3.8, 4) is 0 Å². The zero-order valence-electron chi connectivity index (χ0n) is 27.3. The first-order valence-corrected chi connectivity index (χ1v) is 17.5. The van der Waals surface area contributed by atoms with E-state index in [-0.39, 0.29) is 29.9 Å². The van der Waals surface area contributed by atoms with Crippen LogP contribution >= 0.6 is 23.1 Å². The van der Waals surface area contributed by atoms with E-state index in [1.807, 2.05) is 37.3 Å². The first-order valence-electron chi connectivity index (χ1n) is 15.7. The molecule has 0 saturated carbocycles. The molecule has 4 aromatic rings. The van der Waals surface area contributed by atoms with Crippen LogP contribution in [0.1, 0.15) is 56.1 Å². The Balaban J connectivity index is 1.27. The molecule has 0 unspecified atom stereocenters. The molecule has 252 valence electrons. The van der Waals surface area contributed by atoms with Crippen molar-refractivity contribution in [2.75, 3.05) is 29.5 Å². The predicted octanol–water partition coefficient (Wildman–Crippen LogP) is 6.28. The van der Waals surface area contributed by atoms with Crippen molar-refractivity contribution < 1.29 is 28.7 Å². The minimum Gasteiger partial charge on any atom is -0.462 e. The Labute approximate surface area is 292 Å². The highest BCUT2D eigenvalue weighted by Crippen LogP contribution is 2.38. The van der Waals surface area contributed by atoms with Gasteiger partial charge in [0.25, 0.3) is 11.8 Å². The number of rotatable bonds is 11. The minimum absolute atomic E-state index is 0.0352. The van der Waals surface area contributed by atoms with E-state index >= 15 is 0 Å². The molecule has 0 radical (unpaired) electrons. The van der Waals surface area contributed by atoms with Gasteiger partial charge in [-0.3, -0.25) is 19.2 Å². The smallest absolute Gasteiger partial charge is 0.341 e. The second-order valence-electron chi connectivity index (χ2n) is 11.2. The van der Waals surface area contributed by atoms with Crippen LogP contribution in [0.4, 0.5) is 10.7 Å². The second-order valence-corrected chi connectivity index (χ2v) is 13.4. The van der Waals surface area contributed by atoms with Crippen molar-refractivity contribution in [3.05, 3.63) is 117 Å². The van der Waals surface area contributed by atoms with Gasteiger partial charge in [0, 0.05) is 34.5 Å². The molecule has 1 aliphatic heterocycles. The van der Waals surface area contributed by atoms with Gasteiger partial charge < -0.3 is 25.6 Å². The maximum atomic E-state index is 13.5. The van der Waals surface area contributed by atoms with Crippen LogP contribution in [0.5, 0.6) is 0 Å². The number of amides is 4. The molecule has 49 heavy (non-hydrogen) atoms. The van der Waals surface area contributed by atoms with Gasteiger partial charge in [0.1, 0.15) is 10.7 Å². The molecule has 1 aliphatic rings. The van der Waals surface area contributed by atoms with Crippen LogP contribution in [0.25, 0.3) is 6.08 Å². The molecule has 3 N–H and O–H groups in total. The number of nitrogens with zero attached hydrogens (tertiary/aromatic N) is 1. The molecule has 0 saturated heterocycles. The Hall–Kier alpha value is -5.20. The number of esters is 1. The molecule has 10 nitrogen and oxygen atoms in total. The van der Waals surface area contributed by atoms with E-state index in [0.29, 0.717) is 41.3 Å². The molecule has 5 rings (SSSR count). The Morgan fingerprint density at radius 2 is 1.71 bits per heavy atom. The van der Waals surface area contributed by atoms with Gasteiger partial charge >= 0.3 is 5.97 Å². The van der Waals surface area contributed by atoms with E-state index < -0.39 is 17.8 Å². The van der Waals surface area contributed by atoms with E-state index in [2.05, 4.69) is 16.0 Å². The van der Waals surface area contributed by atoms with Gasteiger partial charge in [-0.15, -0.1) is 23.1 Å². The van der Waals surface area contributed by atoms with Gasteiger partial charge in [-0.25, -0.2) is 4.79 Å². The van der Waals surface area contributed by atoms with E-state index in [1.54, 1.807) is 66.4 Å². The average molecular weight is 697 g/mol. The van der Waals surface area contributed by atoms with E-state index in [9.17, 15) is 24.0 Å². The first kappa shape index (κ1) is 35.1. The van der Waals surface area contributed by atoms with Gasteiger partial charge in [-0.1, -0.05) is 54.1 Å². The summed E-state index contributed by atoms with van der Waals surface area (Å²) in [5.41, 5.74) is 3.92. The molecular formula is C37H36N4O6S2. The van der Waals surface area contributed by atoms with Crippen LogP contribution in [0.3, 0.4) is 0 Å². The van der Waals surface area contributed by atoms with Gasteiger partial charge in [0.15, 0.2) is 0 Å². The van der Waals surface area contributed by atoms with Crippen molar-refractivity contribution >= 4 is 69.5 Å². The summed E-state index contributed by atoms with van der Waals surface area (Å²) in [5.74, 6) is -1.77. The number of ether oxygens (including phenoxy) is 1. The molecule has 0 aliphatic carbocycles. The normalized spacial score (nSPS) is 12.5. The van der Waals surface area contributed by atoms with E-state index in [1.165, 1.54) is 30.0 Å². The highest BCUT2D eigenvalue weighted by atomic mass is 32.2. The lowest BCUT2D eigenvalue weighted by Crippen LogP contribution is -2.34. The van der Waals surface area contributed by atoms with Crippen molar-refractivity contribution in [1.82, 2.24) is 10.2 Å². The number of aryl methyl sites for hydroxylation is 1. The lowest BCUT2D eigenvalue weighted by Gasteiger charge is -2.25. The fraction of sp³-hybridized carbons (Fsp3) is 0.216. The highest BCUT2D eigenvalue weighted by Gasteiger charge is 2.30. The van der Waals surface area contributed by atoms with Crippen LogP contribution in [-0.4, -0.2) is 53.4 Å². The molecule has 0 fully saturated rings. The van der Waals surface area contributed by atoms with Gasteiger partial charge in [0.05, 0.1) is 24.5 Å². The van der Waals surface area contributed by atoms with Crippen LogP contribution < -0.4 is 16.0 Å². The molecular weight excluding hydrogens is 661 g/mol. The minimum atomic E-state index is -0.513. The first-order chi connectivity index (χ1) is 23.6. The largest absolute Gasteiger partial charge is 0.462 e. The average Bonchev–Trinajstić information content (AvgIpc) is 3.45. The predicted molar refractivity (Wildman–Crippen MR) is 193 cm³/mol. The SMILES string of the molecule is CCOC(=O)c1c(NC(=O)CSc2cccc(NC(=O)/C(=C/c3ccc(C)cc3)NC(=O)c3ccccc3)c2)sc2c1CCN(C(C)=O)C2. The third kappa shape index (κ3) is 9.24. The Kier molecular flexibility index (Phi) is 11.7. The molecule has 0 bridgehead atoms. The fourth-order valence-electron chi connectivity index (χ4n) is 5.12. The number of hydrogen-bond acceptors (Lipinski definition) is 8. The van der Waals surface area contributed by atoms with Crippen LogP contribution in [0, 0.1) is 6.92 Å². The van der Waals surface area contributed by atoms with Gasteiger partial charge in [-0.2, -0.15) is 0 Å². The standard InChI is InChI=1S/C37H36N4O6S2/c1-4-47-37(46)33-29-17-18-41(24(3)42)21-31(29)49-36(33)40-32(43)22-48-28-12-8-11-27(20-28)38-35(45)30(19-25-15-13-23(2)14-16-25)39-34(44)26-9-6-5-7-10-26/h5-16,19-20H,4,17-18,21-22H2,1-3H3,(H,38,45)(H,39,44)(H,40,43)/b30-19-. The zero-order chi connectivity index (χ0) is 34.9. The van der Waals surface area contributed by atoms with Crippen LogP contribution in [-0.2, 0) is 32.1 Å². The van der Waals surface area contributed by atoms with E-state index in [4.69, 9.17) is 4.74 Å². The van der Waals surface area contributed by atoms with Crippen LogP contribution in [0.2, 0.25) is 0 Å². The number of thiophene rings is 1. The summed E-state index contributed by atoms with van der Waals surface area (Å²) in [6.07, 6.45) is 2.11. The molecule has 12 heteroatoms. The summed E-state index contributed by atoms with van der Waals surface area (Å²) in [6, 6.07) is 23.2. The molecule has 2 heterocycles. The van der Waals surface area contributed by atoms with Crippen molar-refractivity contribution in [2.24, 2.45) is 0 Å². The van der Waals surface area contributed by atoms with Crippen molar-refractivity contribution in [3.63, 3.8) is 0 Å². The maximum Gasteiger partial charge on any atom is 0.341 e. The summed E-state index contributed by atoms with van der Waals surface area (Å²) in [4.78, 5) is 67.7. The number of nitrogens with one attached hydrogen (secondary N) is 3. The Bertz CT molecular complexity index is 1900. The quantitative estimate of drug-likeness (QED) is 0.0956. The van der Waals surface area contributed by atoms with Crippen LogP contribution in [0.15, 0.2) is 89.5 Å². The lowest BCUT2D eigenvalue weighted by atomic mass is 10.0. The lowest BCUT2D eigenvalue weighted by molar-refractivity contribution is -0.129. The number of benzene rings is 3. The summed E-state index contributed by atoms with van der Waals surface area (Å²) in [5, 5.41) is 8.88. The Morgan fingerprint density at radius 3 is 2.43 bits per heavy atom.